The molecule has 0 saturated carbocycles. The van der Waals surface area contributed by atoms with Crippen LogP contribution < -0.4 is 0 Å². The van der Waals surface area contributed by atoms with E-state index < -0.39 is 62.5 Å². The van der Waals surface area contributed by atoms with E-state index in [2.05, 4.69) is 0 Å². The number of aliphatic hydroxyl groups excluding tert-OH is 2. The molecule has 8 N–H and O–H groups in total. The van der Waals surface area contributed by atoms with Crippen LogP contribution in [-0.4, -0.2) is 101 Å². The first-order valence-electron chi connectivity index (χ1n) is 6.14. The third kappa shape index (κ3) is 7.58. The fourth-order valence-electron chi connectivity index (χ4n) is 1.63. The highest BCUT2D eigenvalue weighted by Gasteiger charge is 2.30. The van der Waals surface area contributed by atoms with Gasteiger partial charge in [-0.3, -0.25) is 9.59 Å². The zero-order valence-electron chi connectivity index (χ0n) is 11.4. The number of hydrogen-bond donors (Lipinski definition) is 8. The van der Waals surface area contributed by atoms with Crippen molar-refractivity contribution in [2.75, 3.05) is 13.1 Å². The molecule has 0 heterocycles. The molecule has 12 nitrogen and oxygen atoms in total. The second kappa shape index (κ2) is 9.60. The van der Waals surface area contributed by atoms with Crippen molar-refractivity contribution in [3.63, 3.8) is 0 Å². The number of carboxylic acids is 2. The monoisotopic (exact) mass is 328 g/mol. The molecule has 0 aliphatic heterocycles. The second-order valence-corrected chi connectivity index (χ2v) is 4.48. The van der Waals surface area contributed by atoms with Gasteiger partial charge in [0.15, 0.2) is 12.6 Å². The van der Waals surface area contributed by atoms with Gasteiger partial charge in [0.25, 0.3) is 0 Å². The number of hydroxylamine groups is 4. The molecule has 0 aliphatic carbocycles. The van der Waals surface area contributed by atoms with Gasteiger partial charge in [-0.15, -0.1) is 0 Å². The maximum atomic E-state index is 10.8. The first-order valence-corrected chi connectivity index (χ1v) is 6.14. The summed E-state index contributed by atoms with van der Waals surface area (Å²) in [5.74, 6) is -3.06. The third-order valence-electron chi connectivity index (χ3n) is 2.75. The predicted molar refractivity (Wildman–Crippen MR) is 65.5 cm³/mol. The van der Waals surface area contributed by atoms with E-state index in [0.29, 0.717) is 0 Å². The Balaban J connectivity index is 4.60. The molecule has 0 aromatic rings. The molecule has 2 atom stereocenters. The van der Waals surface area contributed by atoms with Crippen molar-refractivity contribution in [2.24, 2.45) is 0 Å². The molecule has 0 radical (unpaired) electrons. The van der Waals surface area contributed by atoms with Crippen LogP contribution in [0.15, 0.2) is 0 Å². The number of carbonyl (C=O) groups is 2. The molecular weight excluding hydrogens is 308 g/mol. The summed E-state index contributed by atoms with van der Waals surface area (Å²) in [6.45, 7) is -1.07. The van der Waals surface area contributed by atoms with Crippen LogP contribution in [0.3, 0.4) is 0 Å². The number of aliphatic carboxylic acids is 2. The van der Waals surface area contributed by atoms with Gasteiger partial charge >= 0.3 is 11.9 Å². The van der Waals surface area contributed by atoms with Crippen LogP contribution in [0.5, 0.6) is 0 Å². The van der Waals surface area contributed by atoms with E-state index in [-0.39, 0.29) is 10.1 Å². The van der Waals surface area contributed by atoms with Gasteiger partial charge < -0.3 is 41.1 Å². The molecule has 0 aromatic carbocycles. The summed E-state index contributed by atoms with van der Waals surface area (Å²) in [4.78, 5) is 21.3. The lowest BCUT2D eigenvalue weighted by molar-refractivity contribution is -0.230. The van der Waals surface area contributed by atoms with Gasteiger partial charge in [0.2, 0.25) is 0 Å². The Hall–Kier alpha value is -1.38. The molecule has 12 heteroatoms. The van der Waals surface area contributed by atoms with Crippen LogP contribution in [0.4, 0.5) is 0 Å². The fraction of sp³-hybridized carbons (Fsp3) is 0.800. The molecule has 0 bridgehead atoms. The van der Waals surface area contributed by atoms with Crippen LogP contribution in [-0.2, 0) is 9.59 Å². The first kappa shape index (κ1) is 20.6. The van der Waals surface area contributed by atoms with Gasteiger partial charge in [-0.05, 0) is 0 Å². The predicted octanol–water partition coefficient (Wildman–Crippen LogP) is -3.32. The van der Waals surface area contributed by atoms with Gasteiger partial charge in [-0.1, -0.05) is 0 Å². The van der Waals surface area contributed by atoms with Crippen molar-refractivity contribution < 1.29 is 50.6 Å². The third-order valence-corrected chi connectivity index (χ3v) is 2.75. The number of nitrogens with zero attached hydrogens (tertiary/aromatic N) is 2. The van der Waals surface area contributed by atoms with E-state index in [9.17, 15) is 20.0 Å². The molecule has 0 rings (SSSR count). The molecular formula is C10H20N2O10. The van der Waals surface area contributed by atoms with Crippen LogP contribution in [0.1, 0.15) is 12.8 Å². The largest absolute Gasteiger partial charge is 0.481 e. The summed E-state index contributed by atoms with van der Waals surface area (Å²) in [7, 11) is 0. The Morgan fingerprint density at radius 2 is 1.41 bits per heavy atom. The first-order chi connectivity index (χ1) is 10.1. The minimum atomic E-state index is -2.13. The maximum absolute atomic E-state index is 10.8. The molecule has 0 fully saturated rings. The van der Waals surface area contributed by atoms with Crippen molar-refractivity contribution >= 4 is 11.9 Å². The van der Waals surface area contributed by atoms with E-state index in [1.165, 1.54) is 0 Å². The standard InChI is InChI=1S/C10H20N2O10/c13-7(14)3-5(9(17)18)11(21)1-2-12(22)6(10(19)20)4-8(15)16/h5-7,9,13-14,17-18,21-22H,1-4H2,(H,15,16)(H,19,20). The summed E-state index contributed by atoms with van der Waals surface area (Å²) < 4.78 is 0. The van der Waals surface area contributed by atoms with Crippen LogP contribution >= 0.6 is 0 Å². The Morgan fingerprint density at radius 1 is 0.909 bits per heavy atom. The summed E-state index contributed by atoms with van der Waals surface area (Å²) >= 11 is 0. The lowest BCUT2D eigenvalue weighted by atomic mass is 10.1. The second-order valence-electron chi connectivity index (χ2n) is 4.48. The molecule has 22 heavy (non-hydrogen) atoms. The summed E-state index contributed by atoms with van der Waals surface area (Å²) in [6.07, 6.45) is -5.59. The normalized spacial score (nSPS) is 14.8. The highest BCUT2D eigenvalue weighted by atomic mass is 16.5. The lowest BCUT2D eigenvalue weighted by Crippen LogP contribution is -2.49. The Kier molecular flexibility index (Phi) is 9.00. The molecule has 0 aromatic heterocycles. The lowest BCUT2D eigenvalue weighted by Gasteiger charge is -2.29. The van der Waals surface area contributed by atoms with Gasteiger partial charge in [-0.25, -0.2) is 0 Å². The SMILES string of the molecule is O=C(O)CC(C(=O)O)N(O)CCN(O)C(CC(O)O)C(O)O. The maximum Gasteiger partial charge on any atom is 0.323 e. The molecule has 0 spiro atoms. The number of rotatable bonds is 11. The van der Waals surface area contributed by atoms with Crippen molar-refractivity contribution in [1.82, 2.24) is 10.1 Å². The number of hydrogen-bond acceptors (Lipinski definition) is 10. The molecule has 0 saturated heterocycles. The van der Waals surface area contributed by atoms with Crippen molar-refractivity contribution in [1.29, 1.82) is 0 Å². The fourth-order valence-corrected chi connectivity index (χ4v) is 1.63. The highest BCUT2D eigenvalue weighted by Crippen LogP contribution is 2.09. The Morgan fingerprint density at radius 3 is 1.77 bits per heavy atom. The molecule has 130 valence electrons. The minimum absolute atomic E-state index is 0.163. The van der Waals surface area contributed by atoms with Crippen LogP contribution in [0.2, 0.25) is 0 Å². The Labute approximate surface area is 124 Å². The van der Waals surface area contributed by atoms with E-state index in [1.54, 1.807) is 0 Å². The van der Waals surface area contributed by atoms with Crippen molar-refractivity contribution in [3.8, 4) is 0 Å². The van der Waals surface area contributed by atoms with Crippen LogP contribution in [0.25, 0.3) is 0 Å². The topological polar surface area (TPSA) is 202 Å². The van der Waals surface area contributed by atoms with Gasteiger partial charge in [0.1, 0.15) is 6.04 Å². The summed E-state index contributed by atoms with van der Waals surface area (Å²) in [5.41, 5.74) is 0. The number of carboxylic acid groups (broad SMARTS) is 2. The summed E-state index contributed by atoms with van der Waals surface area (Å²) in [5, 5.41) is 72.3. The van der Waals surface area contributed by atoms with Crippen LogP contribution in [0, 0.1) is 0 Å². The van der Waals surface area contributed by atoms with Gasteiger partial charge in [-0.2, -0.15) is 10.1 Å². The van der Waals surface area contributed by atoms with Crippen molar-refractivity contribution in [2.45, 2.75) is 37.5 Å². The van der Waals surface area contributed by atoms with E-state index in [0.717, 1.165) is 0 Å². The van der Waals surface area contributed by atoms with Gasteiger partial charge in [0, 0.05) is 19.5 Å². The zero-order valence-corrected chi connectivity index (χ0v) is 11.4. The summed E-state index contributed by atoms with van der Waals surface area (Å²) in [6, 6.07) is -3.26. The average molecular weight is 328 g/mol. The molecule has 2 unspecified atom stereocenters. The molecule has 0 aliphatic rings. The van der Waals surface area contributed by atoms with E-state index in [1.807, 2.05) is 0 Å². The minimum Gasteiger partial charge on any atom is -0.481 e. The van der Waals surface area contributed by atoms with Gasteiger partial charge in [0.05, 0.1) is 12.5 Å². The van der Waals surface area contributed by atoms with E-state index >= 15 is 0 Å². The quantitative estimate of drug-likeness (QED) is 0.139. The number of aliphatic hydroxyl groups is 4. The smallest absolute Gasteiger partial charge is 0.323 e. The Bertz CT molecular complexity index is 364. The average Bonchev–Trinajstić information content (AvgIpc) is 2.38. The molecule has 0 amide bonds. The highest BCUT2D eigenvalue weighted by molar-refractivity contribution is 5.80. The van der Waals surface area contributed by atoms with Crippen molar-refractivity contribution in [3.05, 3.63) is 0 Å². The van der Waals surface area contributed by atoms with E-state index in [4.69, 9.17) is 30.6 Å². The zero-order chi connectivity index (χ0) is 17.4.